The minimum atomic E-state index is -4.60. The topological polar surface area (TPSA) is 218 Å². The van der Waals surface area contributed by atoms with Gasteiger partial charge in [-0.2, -0.15) is 0 Å². The molecular formula is C55H65N9O9S. The van der Waals surface area contributed by atoms with Crippen molar-refractivity contribution >= 4 is 44.0 Å². The van der Waals surface area contributed by atoms with E-state index in [2.05, 4.69) is 77.8 Å². The third-order valence-electron chi connectivity index (χ3n) is 15.7. The van der Waals surface area contributed by atoms with Crippen molar-refractivity contribution in [3.05, 3.63) is 130 Å². The third-order valence-corrected chi connectivity index (χ3v) is 17.0. The number of ether oxygens (including phenoxy) is 3. The van der Waals surface area contributed by atoms with Crippen LogP contribution in [0.4, 0.5) is 17.1 Å². The highest BCUT2D eigenvalue weighted by molar-refractivity contribution is 7.90. The van der Waals surface area contributed by atoms with Crippen molar-refractivity contribution in [2.24, 2.45) is 11.3 Å². The second kappa shape index (κ2) is 20.5. The Kier molecular flexibility index (Phi) is 14.0. The highest BCUT2D eigenvalue weighted by atomic mass is 32.2. The van der Waals surface area contributed by atoms with E-state index < -0.39 is 37.0 Å². The van der Waals surface area contributed by atoms with Crippen LogP contribution >= 0.6 is 0 Å². The molecule has 6 aromatic rings. The van der Waals surface area contributed by atoms with Crippen molar-refractivity contribution in [3.8, 4) is 23.1 Å². The molecule has 2 saturated carbocycles. The zero-order valence-corrected chi connectivity index (χ0v) is 43.4. The Morgan fingerprint density at radius 2 is 1.74 bits per heavy atom. The lowest BCUT2D eigenvalue weighted by Crippen LogP contribution is -2.68. The summed E-state index contributed by atoms with van der Waals surface area (Å²) in [5.41, 5.74) is 4.38. The average molecular weight is 1030 g/mol. The third kappa shape index (κ3) is 10.6. The van der Waals surface area contributed by atoms with E-state index in [1.165, 1.54) is 29.5 Å². The summed E-state index contributed by atoms with van der Waals surface area (Å²) in [6.07, 6.45) is 10.0. The van der Waals surface area contributed by atoms with Gasteiger partial charge in [-0.05, 0) is 116 Å². The van der Waals surface area contributed by atoms with Gasteiger partial charge in [0, 0.05) is 98.9 Å². The number of nitrogens with zero attached hydrogens (tertiary/aromatic N) is 6. The molecule has 4 fully saturated rings. The summed E-state index contributed by atoms with van der Waals surface area (Å²) in [6, 6.07) is 23.8. The van der Waals surface area contributed by atoms with Gasteiger partial charge in [-0.15, -0.1) is 0 Å². The molecular weight excluding hydrogens is 963 g/mol. The molecule has 19 heteroatoms. The van der Waals surface area contributed by atoms with Gasteiger partial charge in [0.05, 0.1) is 41.4 Å². The number of H-pyrrole nitrogens is 1. The number of nitrogens with one attached hydrogen (secondary N) is 3. The fraction of sp³-hybridized carbons (Fsp3) is 0.436. The second-order valence-corrected chi connectivity index (χ2v) is 23.0. The number of carbonyl (C=O) groups excluding carboxylic acids is 1. The van der Waals surface area contributed by atoms with Crippen LogP contribution in [0.5, 0.6) is 23.1 Å². The van der Waals surface area contributed by atoms with Crippen molar-refractivity contribution in [1.82, 2.24) is 29.5 Å². The standard InChI is InChI=1S/C55H65N9O9S/c1-35(2)43-8-6-7-9-44(43)48-32-61(31-37-22-50(71-4)53(72-5)59-29-37)20-21-63(48)40-26-55(27-40)33-62(34-55)39-10-12-45(49(24-39)73-41-23-38-16-19-56-51(38)58-30-41)52(65)60-74(69,70)42-11-13-46(47(25-42)64(67)68)57-28-36-14-17-54(3,66)18-15-36/h6-13,16,19,22-25,29-30,35-36,40,48,57,66H,14-15,17-18,20-21,26-28,31-34H2,1-5H3,(H,56,58)(H,60,65)/t36?,48-,54?/m0/s1. The lowest BCUT2D eigenvalue weighted by atomic mass is 9.59. The molecule has 10 rings (SSSR count). The van der Waals surface area contributed by atoms with Crippen LogP contribution in [0.15, 0.2) is 102 Å². The molecule has 2 aliphatic heterocycles. The van der Waals surface area contributed by atoms with E-state index in [0.717, 1.165) is 87.7 Å². The zero-order valence-electron chi connectivity index (χ0n) is 42.5. The maximum atomic E-state index is 14.1. The van der Waals surface area contributed by atoms with Gasteiger partial charge in [0.2, 0.25) is 0 Å². The van der Waals surface area contributed by atoms with Crippen molar-refractivity contribution < 1.29 is 37.5 Å². The molecule has 2 saturated heterocycles. The van der Waals surface area contributed by atoms with Gasteiger partial charge in [0.15, 0.2) is 5.75 Å². The van der Waals surface area contributed by atoms with Crippen LogP contribution < -0.4 is 29.1 Å². The van der Waals surface area contributed by atoms with Crippen LogP contribution in [0.1, 0.15) is 98.3 Å². The van der Waals surface area contributed by atoms with Crippen LogP contribution in [-0.4, -0.2) is 114 Å². The number of benzene rings is 3. The smallest absolute Gasteiger partial charge is 0.293 e. The first kappa shape index (κ1) is 50.7. The van der Waals surface area contributed by atoms with Crippen LogP contribution in [0.3, 0.4) is 0 Å². The predicted octanol–water partition coefficient (Wildman–Crippen LogP) is 8.80. The molecule has 0 radical (unpaired) electrons. The lowest BCUT2D eigenvalue weighted by Gasteiger charge is -2.63. The summed E-state index contributed by atoms with van der Waals surface area (Å²) in [4.78, 5) is 44.8. The van der Waals surface area contributed by atoms with Crippen molar-refractivity contribution in [2.75, 3.05) is 63.7 Å². The maximum Gasteiger partial charge on any atom is 0.293 e. The van der Waals surface area contributed by atoms with E-state index in [0.29, 0.717) is 54.4 Å². The fourth-order valence-corrected chi connectivity index (χ4v) is 12.6. The normalized spacial score (nSPS) is 21.3. The van der Waals surface area contributed by atoms with E-state index >= 15 is 0 Å². The largest absolute Gasteiger partial charge is 0.491 e. The monoisotopic (exact) mass is 1030 g/mol. The molecule has 1 atom stereocenters. The lowest BCUT2D eigenvalue weighted by molar-refractivity contribution is -0.384. The van der Waals surface area contributed by atoms with Gasteiger partial charge in [-0.3, -0.25) is 24.7 Å². The number of nitro groups is 1. The molecule has 0 unspecified atom stereocenters. The Morgan fingerprint density at radius 1 is 0.959 bits per heavy atom. The number of aliphatic hydroxyl groups is 1. The SMILES string of the molecule is COc1cc(CN2CCN(C3CC4(C3)CN(c3ccc(C(=O)NS(=O)(=O)c5ccc(NCC6CCC(C)(O)CC6)c([N+](=O)[O-])c5)c(Oc5cnc6[nH]ccc6c5)c3)C4)[C@H](c3ccccc3C(C)C)C2)cnc1OC. The average Bonchev–Trinajstić information content (AvgIpc) is 3.85. The number of methoxy groups -OCH3 is 2. The molecule has 18 nitrogen and oxygen atoms in total. The summed E-state index contributed by atoms with van der Waals surface area (Å²) in [5, 5.41) is 26.5. The predicted molar refractivity (Wildman–Crippen MR) is 282 cm³/mol. The minimum absolute atomic E-state index is 0.0427. The summed E-state index contributed by atoms with van der Waals surface area (Å²) in [5.74, 6) is 1.17. The number of nitro benzene ring substituents is 1. The first-order valence-electron chi connectivity index (χ1n) is 25.4. The Hall–Kier alpha value is -6.80. The first-order valence-corrected chi connectivity index (χ1v) is 26.9. The van der Waals surface area contributed by atoms with E-state index in [9.17, 15) is 28.4 Å². The number of hydrogen-bond acceptors (Lipinski definition) is 15. The second-order valence-electron chi connectivity index (χ2n) is 21.3. The van der Waals surface area contributed by atoms with E-state index in [1.807, 2.05) is 25.3 Å². The summed E-state index contributed by atoms with van der Waals surface area (Å²) in [6.45, 7) is 11.8. The molecule has 2 aliphatic carbocycles. The van der Waals surface area contributed by atoms with Crippen LogP contribution in [0.25, 0.3) is 11.0 Å². The molecule has 4 N–H and O–H groups in total. The number of piperazine rings is 1. The van der Waals surface area contributed by atoms with Crippen molar-refractivity contribution in [3.63, 3.8) is 0 Å². The van der Waals surface area contributed by atoms with Crippen molar-refractivity contribution in [2.45, 2.75) is 94.3 Å². The number of pyridine rings is 2. The Bertz CT molecular complexity index is 3160. The number of fused-ring (bicyclic) bond motifs is 1. The van der Waals surface area contributed by atoms with Gasteiger partial charge in [0.1, 0.15) is 22.8 Å². The Morgan fingerprint density at radius 3 is 2.49 bits per heavy atom. The zero-order chi connectivity index (χ0) is 51.9. The van der Waals surface area contributed by atoms with Crippen LogP contribution in [0.2, 0.25) is 0 Å². The number of hydrogen-bond donors (Lipinski definition) is 4. The number of sulfonamides is 1. The van der Waals surface area contributed by atoms with E-state index in [1.54, 1.807) is 44.7 Å². The van der Waals surface area contributed by atoms with Gasteiger partial charge in [0.25, 0.3) is 27.5 Å². The number of anilines is 2. The first-order chi connectivity index (χ1) is 35.5. The molecule has 1 spiro atoms. The number of carbonyl (C=O) groups is 1. The van der Waals surface area contributed by atoms with E-state index in [-0.39, 0.29) is 34.4 Å². The molecule has 5 heterocycles. The summed E-state index contributed by atoms with van der Waals surface area (Å²) < 4.78 is 47.2. The number of amides is 1. The molecule has 0 bridgehead atoms. The molecule has 390 valence electrons. The Labute approximate surface area is 431 Å². The summed E-state index contributed by atoms with van der Waals surface area (Å²) in [7, 11) is -1.37. The van der Waals surface area contributed by atoms with Crippen molar-refractivity contribution in [1.29, 1.82) is 0 Å². The Balaban J connectivity index is 0.840. The maximum absolute atomic E-state index is 14.1. The fourth-order valence-electron chi connectivity index (χ4n) is 11.6. The van der Waals surface area contributed by atoms with Gasteiger partial charge >= 0.3 is 0 Å². The van der Waals surface area contributed by atoms with Crippen LogP contribution in [-0.2, 0) is 16.6 Å². The molecule has 4 aliphatic rings. The summed E-state index contributed by atoms with van der Waals surface area (Å²) >= 11 is 0. The molecule has 1 amide bonds. The number of aromatic nitrogens is 3. The molecule has 74 heavy (non-hydrogen) atoms. The van der Waals surface area contributed by atoms with Gasteiger partial charge < -0.3 is 34.5 Å². The number of rotatable bonds is 17. The highest BCUT2D eigenvalue weighted by Crippen LogP contribution is 2.54. The highest BCUT2D eigenvalue weighted by Gasteiger charge is 2.55. The molecule has 3 aromatic carbocycles. The van der Waals surface area contributed by atoms with Gasteiger partial charge in [-0.25, -0.2) is 23.1 Å². The molecule has 3 aromatic heterocycles. The minimum Gasteiger partial charge on any atom is -0.491 e. The quantitative estimate of drug-likeness (QED) is 0.0496. The van der Waals surface area contributed by atoms with Crippen LogP contribution in [0, 0.1) is 21.4 Å². The number of aromatic amines is 1. The van der Waals surface area contributed by atoms with E-state index in [4.69, 9.17) is 14.2 Å². The van der Waals surface area contributed by atoms with Gasteiger partial charge in [-0.1, -0.05) is 38.1 Å².